The predicted octanol–water partition coefficient (Wildman–Crippen LogP) is 3.72. The molecule has 0 aromatic carbocycles. The fourth-order valence-corrected chi connectivity index (χ4v) is 3.74. The Kier molecular flexibility index (Phi) is 3.65. The lowest BCUT2D eigenvalue weighted by Gasteiger charge is -2.33. The topological polar surface area (TPSA) is 64.9 Å². The van der Waals surface area contributed by atoms with E-state index < -0.39 is 5.54 Å². The van der Waals surface area contributed by atoms with Crippen molar-refractivity contribution in [3.63, 3.8) is 0 Å². The van der Waals surface area contributed by atoms with Crippen LogP contribution in [0.15, 0.2) is 16.0 Å². The van der Waals surface area contributed by atoms with E-state index in [0.717, 1.165) is 42.9 Å². The van der Waals surface area contributed by atoms with Crippen LogP contribution in [0.4, 0.5) is 0 Å². The Bertz CT molecular complexity index is 581. The highest BCUT2D eigenvalue weighted by molar-refractivity contribution is 7.13. The van der Waals surface area contributed by atoms with Gasteiger partial charge in [-0.3, -0.25) is 0 Å². The summed E-state index contributed by atoms with van der Waals surface area (Å²) in [5.41, 5.74) is 7.35. The Morgan fingerprint density at radius 3 is 2.90 bits per heavy atom. The number of aryl methyl sites for hydroxylation is 1. The second-order valence-corrected chi connectivity index (χ2v) is 6.81. The first-order valence-electron chi connectivity index (χ1n) is 7.32. The van der Waals surface area contributed by atoms with Gasteiger partial charge in [0.05, 0.1) is 10.4 Å². The molecule has 2 N–H and O–H groups in total. The van der Waals surface area contributed by atoms with Crippen LogP contribution in [-0.2, 0) is 12.0 Å². The zero-order valence-electron chi connectivity index (χ0n) is 12.1. The molecule has 4 nitrogen and oxygen atoms in total. The van der Waals surface area contributed by atoms with Gasteiger partial charge < -0.3 is 10.3 Å². The minimum Gasteiger partial charge on any atom is -0.333 e. The molecule has 2 aromatic rings. The van der Waals surface area contributed by atoms with Crippen molar-refractivity contribution in [3.8, 4) is 10.8 Å². The Labute approximate surface area is 123 Å². The van der Waals surface area contributed by atoms with Gasteiger partial charge in [0.2, 0.25) is 0 Å². The molecular formula is C15H21N3OS. The highest BCUT2D eigenvalue weighted by atomic mass is 32.1. The third-order valence-corrected chi connectivity index (χ3v) is 5.30. The van der Waals surface area contributed by atoms with Crippen molar-refractivity contribution in [3.05, 3.63) is 22.8 Å². The predicted molar refractivity (Wildman–Crippen MR) is 80.5 cm³/mol. The number of rotatable bonds is 3. The summed E-state index contributed by atoms with van der Waals surface area (Å²) in [4.78, 5) is 5.67. The van der Waals surface area contributed by atoms with Crippen LogP contribution in [0.5, 0.6) is 0 Å². The molecule has 3 rings (SSSR count). The van der Waals surface area contributed by atoms with Crippen LogP contribution in [0.3, 0.4) is 0 Å². The maximum absolute atomic E-state index is 6.50. The van der Waals surface area contributed by atoms with Gasteiger partial charge >= 0.3 is 0 Å². The molecule has 0 bridgehead atoms. The molecule has 0 saturated heterocycles. The van der Waals surface area contributed by atoms with Crippen molar-refractivity contribution < 1.29 is 4.52 Å². The Morgan fingerprint density at radius 1 is 1.45 bits per heavy atom. The Balaban J connectivity index is 1.87. The van der Waals surface area contributed by atoms with Crippen LogP contribution < -0.4 is 5.73 Å². The fourth-order valence-electron chi connectivity index (χ4n) is 2.82. The normalized spacial score (nSPS) is 26.9. The van der Waals surface area contributed by atoms with E-state index in [-0.39, 0.29) is 0 Å². The number of thiophene rings is 1. The molecule has 1 aliphatic carbocycles. The molecule has 1 fully saturated rings. The third-order valence-electron chi connectivity index (χ3n) is 4.36. The quantitative estimate of drug-likeness (QED) is 0.936. The van der Waals surface area contributed by atoms with Crippen molar-refractivity contribution in [2.24, 2.45) is 11.7 Å². The van der Waals surface area contributed by atoms with E-state index in [9.17, 15) is 0 Å². The summed E-state index contributed by atoms with van der Waals surface area (Å²) >= 11 is 1.65. The van der Waals surface area contributed by atoms with Crippen LogP contribution in [-0.4, -0.2) is 10.1 Å². The van der Waals surface area contributed by atoms with Crippen LogP contribution >= 0.6 is 11.3 Å². The average molecular weight is 291 g/mol. The van der Waals surface area contributed by atoms with E-state index in [0.29, 0.717) is 11.7 Å². The van der Waals surface area contributed by atoms with Gasteiger partial charge in [0, 0.05) is 0 Å². The van der Waals surface area contributed by atoms with E-state index in [2.05, 4.69) is 35.4 Å². The van der Waals surface area contributed by atoms with Gasteiger partial charge in [-0.15, -0.1) is 11.3 Å². The van der Waals surface area contributed by atoms with Gasteiger partial charge in [0.15, 0.2) is 5.82 Å². The molecule has 0 amide bonds. The molecule has 0 radical (unpaired) electrons. The summed E-state index contributed by atoms with van der Waals surface area (Å²) in [7, 11) is 0. The molecule has 2 aromatic heterocycles. The van der Waals surface area contributed by atoms with Crippen molar-refractivity contribution in [2.45, 2.75) is 51.5 Å². The van der Waals surface area contributed by atoms with Gasteiger partial charge in [-0.2, -0.15) is 4.98 Å². The van der Waals surface area contributed by atoms with Gasteiger partial charge in [0.1, 0.15) is 0 Å². The summed E-state index contributed by atoms with van der Waals surface area (Å²) in [5.74, 6) is 2.05. The molecule has 0 aliphatic heterocycles. The number of aromatic nitrogens is 2. The summed E-state index contributed by atoms with van der Waals surface area (Å²) in [6.07, 6.45) is 5.14. The summed E-state index contributed by atoms with van der Waals surface area (Å²) in [6, 6.07) is 2.12. The summed E-state index contributed by atoms with van der Waals surface area (Å²) in [6.45, 7) is 4.41. The van der Waals surface area contributed by atoms with Crippen molar-refractivity contribution in [1.82, 2.24) is 10.1 Å². The molecule has 2 heterocycles. The maximum atomic E-state index is 6.50. The van der Waals surface area contributed by atoms with E-state index >= 15 is 0 Å². The second-order valence-electron chi connectivity index (χ2n) is 5.89. The van der Waals surface area contributed by atoms with E-state index in [1.54, 1.807) is 11.3 Å². The van der Waals surface area contributed by atoms with Crippen LogP contribution in [0.25, 0.3) is 10.8 Å². The average Bonchev–Trinajstić information content (AvgIpc) is 3.09. The monoisotopic (exact) mass is 291 g/mol. The smallest absolute Gasteiger partial charge is 0.268 e. The molecule has 0 atom stereocenters. The van der Waals surface area contributed by atoms with Crippen molar-refractivity contribution in [2.75, 3.05) is 0 Å². The lowest BCUT2D eigenvalue weighted by atomic mass is 9.77. The van der Waals surface area contributed by atoms with Gasteiger partial charge in [0.25, 0.3) is 5.89 Å². The minimum absolute atomic E-state index is 0.405. The highest BCUT2D eigenvalue weighted by Crippen LogP contribution is 2.37. The van der Waals surface area contributed by atoms with Crippen LogP contribution in [0.2, 0.25) is 0 Å². The minimum atomic E-state index is -0.405. The first-order chi connectivity index (χ1) is 9.62. The highest BCUT2D eigenvalue weighted by Gasteiger charge is 2.36. The molecule has 1 saturated carbocycles. The summed E-state index contributed by atoms with van der Waals surface area (Å²) in [5, 5.41) is 6.23. The lowest BCUT2D eigenvalue weighted by molar-refractivity contribution is 0.230. The molecule has 0 spiro atoms. The number of nitrogens with zero attached hydrogens (tertiary/aromatic N) is 2. The molecule has 20 heavy (non-hydrogen) atoms. The lowest BCUT2D eigenvalue weighted by Crippen LogP contribution is -2.41. The third kappa shape index (κ3) is 2.40. The van der Waals surface area contributed by atoms with Crippen LogP contribution in [0, 0.1) is 5.92 Å². The largest absolute Gasteiger partial charge is 0.333 e. The van der Waals surface area contributed by atoms with E-state index in [4.69, 9.17) is 10.3 Å². The zero-order valence-corrected chi connectivity index (χ0v) is 12.9. The molecular weight excluding hydrogens is 270 g/mol. The number of nitrogens with two attached hydrogens (primary N) is 1. The second kappa shape index (κ2) is 5.30. The molecule has 5 heteroatoms. The zero-order chi connectivity index (χ0) is 14.2. The van der Waals surface area contributed by atoms with Crippen LogP contribution in [0.1, 0.15) is 50.9 Å². The van der Waals surface area contributed by atoms with Crippen molar-refractivity contribution in [1.29, 1.82) is 0 Å². The van der Waals surface area contributed by atoms with Gasteiger partial charge in [-0.05, 0) is 55.0 Å². The Morgan fingerprint density at radius 2 is 2.20 bits per heavy atom. The van der Waals surface area contributed by atoms with Gasteiger partial charge in [-0.1, -0.05) is 19.0 Å². The molecule has 108 valence electrons. The Hall–Kier alpha value is -1.20. The first kappa shape index (κ1) is 13.8. The van der Waals surface area contributed by atoms with Gasteiger partial charge in [-0.25, -0.2) is 0 Å². The fraction of sp³-hybridized carbons (Fsp3) is 0.600. The number of hydrogen-bond acceptors (Lipinski definition) is 5. The van der Waals surface area contributed by atoms with E-state index in [1.165, 1.54) is 5.56 Å². The van der Waals surface area contributed by atoms with Crippen molar-refractivity contribution >= 4 is 11.3 Å². The first-order valence-corrected chi connectivity index (χ1v) is 8.20. The maximum Gasteiger partial charge on any atom is 0.268 e. The number of hydrogen-bond donors (Lipinski definition) is 1. The molecule has 1 aliphatic rings. The molecule has 0 unspecified atom stereocenters. The van der Waals surface area contributed by atoms with E-state index in [1.807, 2.05) is 0 Å². The standard InChI is InChI=1S/C15H21N3OS/c1-3-11-6-9-20-12(11)13-17-14(18-19-13)15(16)7-4-10(2)5-8-15/h6,9-10H,3-5,7-8,16H2,1-2H3. The summed E-state index contributed by atoms with van der Waals surface area (Å²) < 4.78 is 5.47. The SMILES string of the molecule is CCc1ccsc1-c1nc(C2(N)CCC(C)CC2)no1.